The lowest BCUT2D eigenvalue weighted by molar-refractivity contribution is 0.398. The fraction of sp³-hybridized carbons (Fsp3) is 0.395. The molecule has 88 heavy (non-hydrogen) atoms. The van der Waals surface area contributed by atoms with Crippen molar-refractivity contribution in [1.82, 2.24) is 4.57 Å². The second kappa shape index (κ2) is 29.0. The molecule has 0 atom stereocenters. The Morgan fingerprint density at radius 3 is 1.20 bits per heavy atom. The van der Waals surface area contributed by atoms with Crippen LogP contribution in [0, 0.1) is 0 Å². The second-order valence-corrected chi connectivity index (χ2v) is 26.7. The van der Waals surface area contributed by atoms with Crippen LogP contribution >= 0.6 is 0 Å². The first-order valence-corrected chi connectivity index (χ1v) is 35.4. The van der Waals surface area contributed by atoms with E-state index in [1.165, 1.54) is 268 Å². The first kappa shape index (κ1) is 61.1. The van der Waals surface area contributed by atoms with E-state index in [0.717, 1.165) is 0 Å². The Hall–Kier alpha value is -7.16. The normalized spacial score (nSPS) is 13.5. The molecule has 0 bridgehead atoms. The second-order valence-electron chi connectivity index (χ2n) is 26.7. The molecule has 0 spiro atoms. The van der Waals surface area contributed by atoms with Gasteiger partial charge in [-0.05, 0) is 147 Å². The van der Waals surface area contributed by atoms with Gasteiger partial charge in [-0.1, -0.05) is 315 Å². The van der Waals surface area contributed by atoms with Crippen LogP contribution in [-0.4, -0.2) is 4.57 Å². The van der Waals surface area contributed by atoms with Crippen LogP contribution in [0.5, 0.6) is 0 Å². The van der Waals surface area contributed by atoms with E-state index in [1.807, 2.05) is 0 Å². The number of para-hydroxylation sites is 2. The third kappa shape index (κ3) is 12.3. The number of anilines is 3. The molecular weight excluding hydrogens is 1060 g/mol. The molecule has 0 aliphatic heterocycles. The number of fused-ring (bicyclic) bond motifs is 10. The zero-order chi connectivity index (χ0) is 60.1. The molecule has 2 heteroatoms. The summed E-state index contributed by atoms with van der Waals surface area (Å²) in [5.41, 5.74) is 21.8. The van der Waals surface area contributed by atoms with Gasteiger partial charge in [-0.25, -0.2) is 0 Å². The van der Waals surface area contributed by atoms with Crippen molar-refractivity contribution in [2.45, 2.75) is 218 Å². The van der Waals surface area contributed by atoms with Crippen LogP contribution in [0.1, 0.15) is 230 Å². The Morgan fingerprint density at radius 2 is 0.693 bits per heavy atom. The monoisotopic (exact) mass is 1160 g/mol. The van der Waals surface area contributed by atoms with Gasteiger partial charge in [0, 0.05) is 44.1 Å². The van der Waals surface area contributed by atoms with E-state index in [-0.39, 0.29) is 10.8 Å². The molecule has 10 aromatic rings. The summed E-state index contributed by atoms with van der Waals surface area (Å²) in [7, 11) is 0. The van der Waals surface area contributed by atoms with Crippen LogP contribution in [0.25, 0.3) is 71.6 Å². The largest absolute Gasteiger partial charge is 0.310 e. The smallest absolute Gasteiger partial charge is 0.0541 e. The van der Waals surface area contributed by atoms with Gasteiger partial charge in [-0.3, -0.25) is 0 Å². The van der Waals surface area contributed by atoms with Crippen LogP contribution < -0.4 is 4.90 Å². The van der Waals surface area contributed by atoms with Crippen LogP contribution in [-0.2, 0) is 10.8 Å². The highest BCUT2D eigenvalue weighted by molar-refractivity contribution is 6.13. The summed E-state index contributed by atoms with van der Waals surface area (Å²) in [5, 5.41) is 5.08. The average molecular weight is 1160 g/mol. The summed E-state index contributed by atoms with van der Waals surface area (Å²) >= 11 is 0. The van der Waals surface area contributed by atoms with Crippen molar-refractivity contribution in [3.05, 3.63) is 216 Å². The highest BCUT2D eigenvalue weighted by Crippen LogP contribution is 2.58. The molecule has 0 radical (unpaired) electrons. The van der Waals surface area contributed by atoms with Gasteiger partial charge in [0.05, 0.1) is 16.7 Å². The van der Waals surface area contributed by atoms with Crippen molar-refractivity contribution in [2.75, 3.05) is 4.90 Å². The quantitative estimate of drug-likeness (QED) is 0.0372. The Bertz CT molecular complexity index is 3740. The van der Waals surface area contributed by atoms with Crippen molar-refractivity contribution >= 4 is 49.6 Å². The summed E-state index contributed by atoms with van der Waals surface area (Å²) in [5.74, 6) is 0. The molecule has 0 unspecified atom stereocenters. The number of unbranched alkanes of at least 4 members (excludes halogenated alkanes) is 20. The van der Waals surface area contributed by atoms with E-state index in [4.69, 9.17) is 0 Å². The van der Waals surface area contributed by atoms with Crippen molar-refractivity contribution < 1.29 is 0 Å². The average Bonchev–Trinajstić information content (AvgIpc) is 1.68. The van der Waals surface area contributed by atoms with Gasteiger partial charge >= 0.3 is 0 Å². The number of hydrogen-bond acceptors (Lipinski definition) is 1. The molecule has 454 valence electrons. The molecule has 0 saturated heterocycles. The van der Waals surface area contributed by atoms with Crippen LogP contribution in [0.2, 0.25) is 0 Å². The van der Waals surface area contributed by atoms with Gasteiger partial charge < -0.3 is 9.47 Å². The highest BCUT2D eigenvalue weighted by atomic mass is 15.1. The van der Waals surface area contributed by atoms with Gasteiger partial charge in [-0.15, -0.1) is 0 Å². The predicted molar refractivity (Wildman–Crippen MR) is 383 cm³/mol. The van der Waals surface area contributed by atoms with Gasteiger partial charge in [0.1, 0.15) is 0 Å². The summed E-state index contributed by atoms with van der Waals surface area (Å²) in [6.07, 6.45) is 36.6. The molecule has 0 fully saturated rings. The molecule has 12 rings (SSSR count). The summed E-state index contributed by atoms with van der Waals surface area (Å²) in [6.45, 7) is 9.36. The minimum atomic E-state index is 0.0141. The SMILES string of the molecule is CCCCCCCCC1(CCCCCCCC)c2ccccc2-c2cc(N(c3ccc4c(c3)-c3ccccc3C4(CCCCCCCC)CCCCCCCC)c3ccc(-c4ccc5c(c4)c4ccccc4n5-c4ccccc4)c4ccccc34)ccc21. The van der Waals surface area contributed by atoms with Crippen molar-refractivity contribution in [2.24, 2.45) is 0 Å². The number of nitrogens with zero attached hydrogens (tertiary/aromatic N) is 2. The molecule has 1 heterocycles. The minimum Gasteiger partial charge on any atom is -0.310 e. The van der Waals surface area contributed by atoms with E-state index in [0.29, 0.717) is 0 Å². The maximum Gasteiger partial charge on any atom is 0.0541 e. The lowest BCUT2D eigenvalue weighted by Crippen LogP contribution is -2.25. The summed E-state index contributed by atoms with van der Waals surface area (Å²) in [6, 6.07) is 75.9. The first-order valence-electron chi connectivity index (χ1n) is 35.4. The predicted octanol–water partition coefficient (Wildman–Crippen LogP) is 26.6. The first-order chi connectivity index (χ1) is 43.5. The molecular formula is C86H100N2. The lowest BCUT2D eigenvalue weighted by atomic mass is 9.70. The van der Waals surface area contributed by atoms with E-state index in [2.05, 4.69) is 231 Å². The number of hydrogen-bond donors (Lipinski definition) is 0. The molecule has 0 saturated carbocycles. The van der Waals surface area contributed by atoms with Crippen molar-refractivity contribution in [3.63, 3.8) is 0 Å². The third-order valence-electron chi connectivity index (χ3n) is 21.0. The zero-order valence-electron chi connectivity index (χ0n) is 54.2. The maximum atomic E-state index is 2.66. The minimum absolute atomic E-state index is 0.0141. The summed E-state index contributed by atoms with van der Waals surface area (Å²) < 4.78 is 2.43. The fourth-order valence-corrected chi connectivity index (χ4v) is 16.5. The molecule has 9 aromatic carbocycles. The highest BCUT2D eigenvalue weighted by Gasteiger charge is 2.44. The molecule has 0 amide bonds. The van der Waals surface area contributed by atoms with E-state index >= 15 is 0 Å². The Kier molecular flexibility index (Phi) is 20.1. The van der Waals surface area contributed by atoms with Crippen LogP contribution in [0.3, 0.4) is 0 Å². The molecule has 2 aliphatic rings. The Labute approximate surface area is 529 Å². The maximum absolute atomic E-state index is 2.66. The van der Waals surface area contributed by atoms with Crippen LogP contribution in [0.15, 0.2) is 194 Å². The van der Waals surface area contributed by atoms with Crippen LogP contribution in [0.4, 0.5) is 17.1 Å². The Balaban J connectivity index is 1.01. The van der Waals surface area contributed by atoms with Gasteiger partial charge in [-0.2, -0.15) is 0 Å². The third-order valence-corrected chi connectivity index (χ3v) is 21.0. The number of benzene rings is 9. The number of aromatic nitrogens is 1. The zero-order valence-corrected chi connectivity index (χ0v) is 54.2. The van der Waals surface area contributed by atoms with E-state index < -0.39 is 0 Å². The van der Waals surface area contributed by atoms with Gasteiger partial charge in [0.25, 0.3) is 0 Å². The molecule has 1 aromatic heterocycles. The Morgan fingerprint density at radius 1 is 0.284 bits per heavy atom. The topological polar surface area (TPSA) is 8.17 Å². The van der Waals surface area contributed by atoms with E-state index in [9.17, 15) is 0 Å². The standard InChI is InChI=1S/C86H100N2/c1-5-9-13-17-21-36-58-85(59-37-22-18-14-10-6-2)78-47-33-30-43-71(78)75-63-67(51-54-80(75)85)87(68-52-55-81-76(64-68)72-44-31-34-48-79(72)86(81,60-38-23-19-15-11-7-3)61-39-24-20-16-12-8-4)83-57-53-69(70-42-28-29-45-73(70)83)65-50-56-84-77(62-65)74-46-32-35-49-82(74)88(84)66-40-26-25-27-41-66/h25-35,40-57,62-64H,5-24,36-39,58-61H2,1-4H3. The van der Waals surface area contributed by atoms with Gasteiger partial charge in [0.2, 0.25) is 0 Å². The molecule has 0 N–H and O–H groups in total. The molecule has 2 aliphatic carbocycles. The van der Waals surface area contributed by atoms with E-state index in [1.54, 1.807) is 22.3 Å². The molecule has 2 nitrogen and oxygen atoms in total. The van der Waals surface area contributed by atoms with Crippen molar-refractivity contribution in [1.29, 1.82) is 0 Å². The van der Waals surface area contributed by atoms with Crippen molar-refractivity contribution in [3.8, 4) is 39.1 Å². The fourth-order valence-electron chi connectivity index (χ4n) is 16.5. The lowest BCUT2D eigenvalue weighted by Gasteiger charge is -2.34. The number of rotatable bonds is 33. The van der Waals surface area contributed by atoms with Gasteiger partial charge in [0.15, 0.2) is 0 Å². The summed E-state index contributed by atoms with van der Waals surface area (Å²) in [4.78, 5) is 2.66.